The number of nitrogens with zero attached hydrogens (tertiary/aromatic N) is 1. The van der Waals surface area contributed by atoms with Gasteiger partial charge in [-0.15, -0.1) is 0 Å². The van der Waals surface area contributed by atoms with Crippen LogP contribution >= 0.6 is 15.9 Å². The summed E-state index contributed by atoms with van der Waals surface area (Å²) in [6.07, 6.45) is 0. The van der Waals surface area contributed by atoms with E-state index in [-0.39, 0.29) is 18.4 Å². The lowest BCUT2D eigenvalue weighted by Gasteiger charge is -2.29. The molecule has 1 N–H and O–H groups in total. The van der Waals surface area contributed by atoms with Gasteiger partial charge in [0.1, 0.15) is 11.8 Å². The number of benzene rings is 3. The van der Waals surface area contributed by atoms with Gasteiger partial charge in [-0.2, -0.15) is 0 Å². The van der Waals surface area contributed by atoms with E-state index in [0.717, 1.165) is 26.4 Å². The molecule has 0 aromatic heterocycles. The van der Waals surface area contributed by atoms with Crippen LogP contribution in [0, 0.1) is 6.92 Å². The van der Waals surface area contributed by atoms with E-state index in [1.807, 2.05) is 67.6 Å². The van der Waals surface area contributed by atoms with Crippen LogP contribution in [0.3, 0.4) is 0 Å². The summed E-state index contributed by atoms with van der Waals surface area (Å²) in [4.78, 5) is 26.9. The zero-order chi connectivity index (χ0) is 21.7. The SMILES string of the molecule is CNC(=O)[C@@H](C)N(Cc1ccccc1C)C(=O)COc1ccc2ccccc2c1Br. The topological polar surface area (TPSA) is 58.6 Å². The molecule has 5 nitrogen and oxygen atoms in total. The second-order valence-corrected chi connectivity index (χ2v) is 7.92. The van der Waals surface area contributed by atoms with E-state index < -0.39 is 6.04 Å². The molecule has 2 amide bonds. The minimum atomic E-state index is -0.620. The lowest BCUT2D eigenvalue weighted by Crippen LogP contribution is -2.48. The number of fused-ring (bicyclic) bond motifs is 1. The van der Waals surface area contributed by atoms with E-state index in [4.69, 9.17) is 4.74 Å². The summed E-state index contributed by atoms with van der Waals surface area (Å²) < 4.78 is 6.65. The molecule has 0 saturated carbocycles. The standard InChI is InChI=1S/C24H25BrN2O3/c1-16-8-4-5-10-19(16)14-27(17(2)24(29)26-3)22(28)15-30-21-13-12-18-9-6-7-11-20(18)23(21)25/h4-13,17H,14-15H2,1-3H3,(H,26,29)/t17-/m1/s1. The van der Waals surface area contributed by atoms with Crippen molar-refractivity contribution in [2.24, 2.45) is 0 Å². The van der Waals surface area contributed by atoms with E-state index in [0.29, 0.717) is 12.3 Å². The highest BCUT2D eigenvalue weighted by Gasteiger charge is 2.26. The molecule has 0 heterocycles. The predicted octanol–water partition coefficient (Wildman–Crippen LogP) is 4.45. The monoisotopic (exact) mass is 468 g/mol. The molecule has 0 radical (unpaired) electrons. The second kappa shape index (κ2) is 9.76. The summed E-state index contributed by atoms with van der Waals surface area (Å²) in [5.74, 6) is 0.115. The second-order valence-electron chi connectivity index (χ2n) is 7.13. The Balaban J connectivity index is 1.80. The van der Waals surface area contributed by atoms with Crippen LogP contribution in [0.2, 0.25) is 0 Å². The van der Waals surface area contributed by atoms with Gasteiger partial charge in [-0.3, -0.25) is 9.59 Å². The zero-order valence-electron chi connectivity index (χ0n) is 17.3. The van der Waals surface area contributed by atoms with Crippen molar-refractivity contribution >= 4 is 38.5 Å². The van der Waals surface area contributed by atoms with Gasteiger partial charge in [-0.1, -0.05) is 54.6 Å². The number of aryl methyl sites for hydroxylation is 1. The van der Waals surface area contributed by atoms with Crippen molar-refractivity contribution in [1.29, 1.82) is 0 Å². The quantitative estimate of drug-likeness (QED) is 0.556. The Morgan fingerprint density at radius 3 is 2.50 bits per heavy atom. The molecule has 3 aromatic rings. The fourth-order valence-electron chi connectivity index (χ4n) is 3.31. The smallest absolute Gasteiger partial charge is 0.261 e. The number of likely N-dealkylation sites (N-methyl/N-ethyl adjacent to an activating group) is 1. The van der Waals surface area contributed by atoms with E-state index in [1.54, 1.807) is 18.9 Å². The molecule has 1 atom stereocenters. The summed E-state index contributed by atoms with van der Waals surface area (Å²) in [6, 6.07) is 19.0. The van der Waals surface area contributed by atoms with Crippen molar-refractivity contribution in [1.82, 2.24) is 10.2 Å². The Morgan fingerprint density at radius 1 is 1.07 bits per heavy atom. The Bertz CT molecular complexity index is 1070. The summed E-state index contributed by atoms with van der Waals surface area (Å²) in [7, 11) is 1.57. The van der Waals surface area contributed by atoms with E-state index in [9.17, 15) is 9.59 Å². The van der Waals surface area contributed by atoms with E-state index in [2.05, 4.69) is 21.2 Å². The number of nitrogens with one attached hydrogen (secondary N) is 1. The minimum Gasteiger partial charge on any atom is -0.483 e. The first kappa shape index (κ1) is 21.8. The Kier molecular flexibility index (Phi) is 7.11. The molecular weight excluding hydrogens is 444 g/mol. The molecule has 3 aromatic carbocycles. The van der Waals surface area contributed by atoms with Gasteiger partial charge in [-0.25, -0.2) is 0 Å². The lowest BCUT2D eigenvalue weighted by molar-refractivity contribution is -0.142. The van der Waals surface area contributed by atoms with Crippen LogP contribution in [0.1, 0.15) is 18.1 Å². The van der Waals surface area contributed by atoms with Crippen LogP contribution in [0.25, 0.3) is 10.8 Å². The predicted molar refractivity (Wildman–Crippen MR) is 122 cm³/mol. The Hall–Kier alpha value is -2.86. The molecule has 0 aliphatic heterocycles. The third kappa shape index (κ3) is 4.82. The first-order chi connectivity index (χ1) is 14.4. The van der Waals surface area contributed by atoms with Crippen molar-refractivity contribution in [3.63, 3.8) is 0 Å². The number of amides is 2. The third-order valence-electron chi connectivity index (χ3n) is 5.19. The maximum Gasteiger partial charge on any atom is 0.261 e. The highest BCUT2D eigenvalue weighted by molar-refractivity contribution is 9.10. The van der Waals surface area contributed by atoms with Gasteiger partial charge in [-0.05, 0) is 57.7 Å². The summed E-state index contributed by atoms with van der Waals surface area (Å²) in [5.41, 5.74) is 2.06. The molecule has 0 aliphatic rings. The van der Waals surface area contributed by atoms with Gasteiger partial charge >= 0.3 is 0 Å². The third-order valence-corrected chi connectivity index (χ3v) is 6.01. The van der Waals surface area contributed by atoms with Crippen molar-refractivity contribution in [2.45, 2.75) is 26.4 Å². The number of halogens is 1. The van der Waals surface area contributed by atoms with Gasteiger partial charge in [0.25, 0.3) is 5.91 Å². The highest BCUT2D eigenvalue weighted by atomic mass is 79.9. The molecule has 0 aliphatic carbocycles. The fourth-order valence-corrected chi connectivity index (χ4v) is 3.92. The average molecular weight is 469 g/mol. The Labute approximate surface area is 185 Å². The maximum atomic E-state index is 13.1. The van der Waals surface area contributed by atoms with Gasteiger partial charge in [0.15, 0.2) is 6.61 Å². The summed E-state index contributed by atoms with van der Waals surface area (Å²) in [6.45, 7) is 3.89. The minimum absolute atomic E-state index is 0.163. The number of hydrogen-bond donors (Lipinski definition) is 1. The van der Waals surface area contributed by atoms with Gasteiger partial charge in [0, 0.05) is 13.6 Å². The van der Waals surface area contributed by atoms with Crippen LogP contribution in [0.15, 0.2) is 65.1 Å². The number of carbonyl (C=O) groups is 2. The largest absolute Gasteiger partial charge is 0.483 e. The molecule has 0 saturated heterocycles. The fraction of sp³-hybridized carbons (Fsp3) is 0.250. The van der Waals surface area contributed by atoms with Crippen molar-refractivity contribution in [3.8, 4) is 5.75 Å². The molecule has 0 spiro atoms. The molecular formula is C24H25BrN2O3. The van der Waals surface area contributed by atoms with Crippen LogP contribution in [-0.4, -0.2) is 36.4 Å². The van der Waals surface area contributed by atoms with Crippen molar-refractivity contribution in [2.75, 3.05) is 13.7 Å². The zero-order valence-corrected chi connectivity index (χ0v) is 18.9. The molecule has 30 heavy (non-hydrogen) atoms. The lowest BCUT2D eigenvalue weighted by atomic mass is 10.1. The molecule has 0 unspecified atom stereocenters. The van der Waals surface area contributed by atoms with Crippen LogP contribution in [0.4, 0.5) is 0 Å². The molecule has 0 bridgehead atoms. The number of carbonyl (C=O) groups excluding carboxylic acids is 2. The van der Waals surface area contributed by atoms with Gasteiger partial charge < -0.3 is 15.0 Å². The number of hydrogen-bond acceptors (Lipinski definition) is 3. The van der Waals surface area contributed by atoms with Crippen molar-refractivity contribution < 1.29 is 14.3 Å². The maximum absolute atomic E-state index is 13.1. The van der Waals surface area contributed by atoms with Gasteiger partial charge in [0.2, 0.25) is 5.91 Å². The van der Waals surface area contributed by atoms with Crippen LogP contribution < -0.4 is 10.1 Å². The van der Waals surface area contributed by atoms with E-state index >= 15 is 0 Å². The highest BCUT2D eigenvalue weighted by Crippen LogP contribution is 2.33. The normalized spacial score (nSPS) is 11.7. The van der Waals surface area contributed by atoms with Crippen LogP contribution in [-0.2, 0) is 16.1 Å². The van der Waals surface area contributed by atoms with E-state index in [1.165, 1.54) is 0 Å². The first-order valence-corrected chi connectivity index (χ1v) is 10.6. The molecule has 0 fully saturated rings. The van der Waals surface area contributed by atoms with Gasteiger partial charge in [0.05, 0.1) is 4.47 Å². The first-order valence-electron chi connectivity index (χ1n) is 9.78. The van der Waals surface area contributed by atoms with Crippen molar-refractivity contribution in [3.05, 3.63) is 76.3 Å². The molecule has 156 valence electrons. The summed E-state index contributed by atoms with van der Waals surface area (Å²) in [5, 5.41) is 4.72. The molecule has 6 heteroatoms. The Morgan fingerprint density at radius 2 is 1.77 bits per heavy atom. The average Bonchev–Trinajstić information content (AvgIpc) is 2.77. The molecule has 3 rings (SSSR count). The summed E-state index contributed by atoms with van der Waals surface area (Å²) >= 11 is 3.58. The number of rotatable bonds is 7. The van der Waals surface area contributed by atoms with Crippen LogP contribution in [0.5, 0.6) is 5.75 Å². The number of ether oxygens (including phenoxy) is 1.